The predicted octanol–water partition coefficient (Wildman–Crippen LogP) is 3.20. The number of amides is 1. The number of hydrogen-bond acceptors (Lipinski definition) is 3. The van der Waals surface area contributed by atoms with E-state index in [2.05, 4.69) is 43.7 Å². The Morgan fingerprint density at radius 1 is 1.35 bits per heavy atom. The fourth-order valence-electron chi connectivity index (χ4n) is 2.62. The monoisotopic (exact) mass is 398 g/mol. The topological polar surface area (TPSA) is 59.0 Å². The van der Waals surface area contributed by atoms with Crippen LogP contribution in [0.2, 0.25) is 0 Å². The molecule has 2 heterocycles. The molecular formula is C16H20BrClN4O. The smallest absolute Gasteiger partial charge is 0.243 e. The van der Waals surface area contributed by atoms with E-state index in [-0.39, 0.29) is 24.4 Å². The first-order valence-corrected chi connectivity index (χ1v) is 8.31. The Balaban J connectivity index is 0.00000192. The van der Waals surface area contributed by atoms with Crippen LogP contribution in [0.4, 0.5) is 5.95 Å². The summed E-state index contributed by atoms with van der Waals surface area (Å²) in [6, 6.07) is 8.02. The molecule has 1 aromatic carbocycles. The molecule has 0 spiro atoms. The van der Waals surface area contributed by atoms with Crippen molar-refractivity contribution in [2.45, 2.75) is 31.8 Å². The lowest BCUT2D eigenvalue weighted by atomic mass is 10.0. The van der Waals surface area contributed by atoms with E-state index in [1.165, 1.54) is 0 Å². The third-order valence-corrected chi connectivity index (χ3v) is 4.37. The number of aromatic nitrogens is 2. The van der Waals surface area contributed by atoms with E-state index in [9.17, 15) is 4.79 Å². The number of carbonyl (C=O) groups excluding carboxylic acids is 1. The Labute approximate surface area is 150 Å². The van der Waals surface area contributed by atoms with Gasteiger partial charge in [0.25, 0.3) is 0 Å². The van der Waals surface area contributed by atoms with Gasteiger partial charge in [0.2, 0.25) is 11.9 Å². The first kappa shape index (κ1) is 18.0. The van der Waals surface area contributed by atoms with Crippen molar-refractivity contribution < 1.29 is 4.79 Å². The number of carbonyl (C=O) groups is 1. The van der Waals surface area contributed by atoms with Gasteiger partial charge in [0, 0.05) is 16.9 Å². The molecule has 3 rings (SSSR count). The van der Waals surface area contributed by atoms with Crippen LogP contribution in [-0.4, -0.2) is 28.0 Å². The molecule has 1 saturated heterocycles. The molecule has 5 nitrogen and oxygen atoms in total. The number of nitrogens with zero attached hydrogens (tertiary/aromatic N) is 2. The van der Waals surface area contributed by atoms with E-state index in [0.29, 0.717) is 12.5 Å². The highest BCUT2D eigenvalue weighted by atomic mass is 79.9. The molecule has 23 heavy (non-hydrogen) atoms. The number of benzene rings is 1. The Bertz CT molecular complexity index is 638. The highest BCUT2D eigenvalue weighted by molar-refractivity contribution is 9.10. The molecule has 1 fully saturated rings. The van der Waals surface area contributed by atoms with Crippen molar-refractivity contribution in [1.29, 1.82) is 0 Å². The highest BCUT2D eigenvalue weighted by Gasteiger charge is 2.21. The van der Waals surface area contributed by atoms with Crippen LogP contribution in [0.25, 0.3) is 0 Å². The van der Waals surface area contributed by atoms with Gasteiger partial charge < -0.3 is 9.88 Å². The van der Waals surface area contributed by atoms with Crippen LogP contribution in [0.5, 0.6) is 0 Å². The van der Waals surface area contributed by atoms with Crippen LogP contribution < -0.4 is 10.6 Å². The maximum Gasteiger partial charge on any atom is 0.243 e. The van der Waals surface area contributed by atoms with Gasteiger partial charge in [0.1, 0.15) is 0 Å². The standard InChI is InChI=1S/C16H19BrN4O.ClH/c17-13-6-4-12(5-7-13)11-21-10-9-19-16(21)20-15(22)14-3-1-2-8-18-14;/h4-7,9-10,14,18H,1-3,8,11H2,(H,19,20,22);1H. The molecule has 1 amide bonds. The first-order chi connectivity index (χ1) is 10.7. The van der Waals surface area contributed by atoms with Crippen LogP contribution in [-0.2, 0) is 11.3 Å². The molecule has 2 aromatic rings. The maximum atomic E-state index is 12.3. The van der Waals surface area contributed by atoms with Crippen molar-refractivity contribution in [3.8, 4) is 0 Å². The molecule has 0 saturated carbocycles. The molecule has 0 bridgehead atoms. The van der Waals surface area contributed by atoms with Crippen LogP contribution in [0.15, 0.2) is 41.1 Å². The Morgan fingerprint density at radius 3 is 2.83 bits per heavy atom. The van der Waals surface area contributed by atoms with Gasteiger partial charge in [0.05, 0.1) is 12.6 Å². The zero-order chi connectivity index (χ0) is 15.4. The number of anilines is 1. The van der Waals surface area contributed by atoms with Crippen molar-refractivity contribution in [2.24, 2.45) is 0 Å². The molecule has 124 valence electrons. The molecular weight excluding hydrogens is 380 g/mol. The molecule has 0 aliphatic carbocycles. The molecule has 1 aromatic heterocycles. The zero-order valence-electron chi connectivity index (χ0n) is 12.7. The van der Waals surface area contributed by atoms with Crippen molar-refractivity contribution in [1.82, 2.24) is 14.9 Å². The van der Waals surface area contributed by atoms with Crippen LogP contribution in [0.3, 0.4) is 0 Å². The summed E-state index contributed by atoms with van der Waals surface area (Å²) in [4.78, 5) is 16.5. The minimum absolute atomic E-state index is 0. The van der Waals surface area contributed by atoms with Crippen molar-refractivity contribution in [3.63, 3.8) is 0 Å². The number of nitrogens with one attached hydrogen (secondary N) is 2. The lowest BCUT2D eigenvalue weighted by Gasteiger charge is -2.22. The minimum atomic E-state index is -0.105. The van der Waals surface area contributed by atoms with Crippen molar-refractivity contribution in [3.05, 3.63) is 46.7 Å². The van der Waals surface area contributed by atoms with Crippen molar-refractivity contribution in [2.75, 3.05) is 11.9 Å². The van der Waals surface area contributed by atoms with Gasteiger partial charge >= 0.3 is 0 Å². The fourth-order valence-corrected chi connectivity index (χ4v) is 2.88. The number of hydrogen-bond donors (Lipinski definition) is 2. The van der Waals surface area contributed by atoms with Gasteiger partial charge in [-0.25, -0.2) is 4.98 Å². The van der Waals surface area contributed by atoms with Gasteiger partial charge in [-0.15, -0.1) is 12.4 Å². The summed E-state index contributed by atoms with van der Waals surface area (Å²) in [5.41, 5.74) is 1.16. The summed E-state index contributed by atoms with van der Waals surface area (Å²) in [7, 11) is 0. The lowest BCUT2D eigenvalue weighted by molar-refractivity contribution is -0.118. The fraction of sp³-hybridized carbons (Fsp3) is 0.375. The lowest BCUT2D eigenvalue weighted by Crippen LogP contribution is -2.43. The average molecular weight is 400 g/mol. The number of halogens is 2. The third-order valence-electron chi connectivity index (χ3n) is 3.84. The SMILES string of the molecule is Cl.O=C(Nc1nccn1Cc1ccc(Br)cc1)C1CCCCN1. The van der Waals surface area contributed by atoms with E-state index >= 15 is 0 Å². The van der Waals surface area contributed by atoms with Crippen molar-refractivity contribution >= 4 is 40.2 Å². The zero-order valence-corrected chi connectivity index (χ0v) is 15.1. The highest BCUT2D eigenvalue weighted by Crippen LogP contribution is 2.15. The molecule has 1 unspecified atom stereocenters. The summed E-state index contributed by atoms with van der Waals surface area (Å²) in [6.07, 6.45) is 6.72. The normalized spacial score (nSPS) is 17.3. The minimum Gasteiger partial charge on any atom is -0.313 e. The van der Waals surface area contributed by atoms with E-state index in [0.717, 1.165) is 35.8 Å². The van der Waals surface area contributed by atoms with Crippen LogP contribution in [0, 0.1) is 0 Å². The van der Waals surface area contributed by atoms with E-state index in [1.807, 2.05) is 22.9 Å². The second-order valence-corrected chi connectivity index (χ2v) is 6.41. The van der Waals surface area contributed by atoms with Gasteiger partial charge in [0.15, 0.2) is 0 Å². The number of piperidine rings is 1. The number of rotatable bonds is 4. The molecule has 2 N–H and O–H groups in total. The van der Waals surface area contributed by atoms with E-state index < -0.39 is 0 Å². The van der Waals surface area contributed by atoms with Gasteiger partial charge in [-0.1, -0.05) is 34.5 Å². The number of imidazole rings is 1. The van der Waals surface area contributed by atoms with Crippen LogP contribution >= 0.6 is 28.3 Å². The summed E-state index contributed by atoms with van der Waals surface area (Å²) in [5, 5.41) is 6.19. The van der Waals surface area contributed by atoms with E-state index in [4.69, 9.17) is 0 Å². The Kier molecular flexibility index (Phi) is 6.62. The van der Waals surface area contributed by atoms with Crippen LogP contribution in [0.1, 0.15) is 24.8 Å². The average Bonchev–Trinajstić information content (AvgIpc) is 2.97. The second kappa shape index (κ2) is 8.47. The quantitative estimate of drug-likeness (QED) is 0.830. The van der Waals surface area contributed by atoms with E-state index in [1.54, 1.807) is 6.20 Å². The Morgan fingerprint density at radius 2 is 2.13 bits per heavy atom. The summed E-state index contributed by atoms with van der Waals surface area (Å²) in [6.45, 7) is 1.59. The van der Waals surface area contributed by atoms with Gasteiger partial charge in [-0.05, 0) is 37.1 Å². The summed E-state index contributed by atoms with van der Waals surface area (Å²) < 4.78 is 3.00. The summed E-state index contributed by atoms with van der Waals surface area (Å²) in [5.74, 6) is 0.600. The molecule has 1 aliphatic rings. The van der Waals surface area contributed by atoms with Gasteiger partial charge in [-0.3, -0.25) is 10.1 Å². The molecule has 0 radical (unpaired) electrons. The molecule has 1 aliphatic heterocycles. The third kappa shape index (κ3) is 4.80. The molecule has 7 heteroatoms. The Hall–Kier alpha value is -1.37. The first-order valence-electron chi connectivity index (χ1n) is 7.52. The predicted molar refractivity (Wildman–Crippen MR) is 97.0 cm³/mol. The van der Waals surface area contributed by atoms with Gasteiger partial charge in [-0.2, -0.15) is 0 Å². The summed E-state index contributed by atoms with van der Waals surface area (Å²) >= 11 is 3.43. The maximum absolute atomic E-state index is 12.3. The second-order valence-electron chi connectivity index (χ2n) is 5.50. The molecule has 1 atom stereocenters. The largest absolute Gasteiger partial charge is 0.313 e.